The molecule has 0 spiro atoms. The van der Waals surface area contributed by atoms with E-state index < -0.39 is 5.97 Å². The Morgan fingerprint density at radius 2 is 1.78 bits per heavy atom. The standard InChI is InChI=1S/C25H18O7/c1-14-23(17-5-3-4-6-19(17)28-2)24(26)18-9-8-16(12-21(18)31-14)32-25(27)15-7-10-20-22(11-15)30-13-29-20/h3-12H,13H2,1-2H3. The molecule has 160 valence electrons. The third-order valence-corrected chi connectivity index (χ3v) is 5.24. The van der Waals surface area contributed by atoms with Gasteiger partial charge in [-0.3, -0.25) is 4.79 Å². The van der Waals surface area contributed by atoms with Gasteiger partial charge in [0, 0.05) is 11.6 Å². The summed E-state index contributed by atoms with van der Waals surface area (Å²) < 4.78 is 27.4. The molecule has 1 aliphatic rings. The van der Waals surface area contributed by atoms with E-state index in [1.807, 2.05) is 18.2 Å². The van der Waals surface area contributed by atoms with Gasteiger partial charge in [-0.2, -0.15) is 0 Å². The van der Waals surface area contributed by atoms with Crippen LogP contribution in [0.3, 0.4) is 0 Å². The van der Waals surface area contributed by atoms with Gasteiger partial charge in [0.2, 0.25) is 12.2 Å². The SMILES string of the molecule is COc1ccccc1-c1c(C)oc2cc(OC(=O)c3ccc4c(c3)OCO4)ccc2c1=O. The first kappa shape index (κ1) is 19.7. The van der Waals surface area contributed by atoms with E-state index in [0.717, 1.165) is 0 Å². The van der Waals surface area contributed by atoms with Gasteiger partial charge in [0.05, 0.1) is 23.6 Å². The third kappa shape index (κ3) is 3.33. The van der Waals surface area contributed by atoms with Crippen LogP contribution in [0.5, 0.6) is 23.0 Å². The Morgan fingerprint density at radius 3 is 2.62 bits per heavy atom. The molecule has 0 atom stereocenters. The van der Waals surface area contributed by atoms with Gasteiger partial charge in [-0.15, -0.1) is 0 Å². The van der Waals surface area contributed by atoms with Crippen molar-refractivity contribution in [3.63, 3.8) is 0 Å². The number of hydrogen-bond donors (Lipinski definition) is 0. The van der Waals surface area contributed by atoms with E-state index in [1.54, 1.807) is 50.4 Å². The average molecular weight is 430 g/mol. The Balaban J connectivity index is 1.50. The summed E-state index contributed by atoms with van der Waals surface area (Å²) in [5.41, 5.74) is 1.53. The number of ether oxygens (including phenoxy) is 4. The fourth-order valence-electron chi connectivity index (χ4n) is 3.70. The molecule has 0 fully saturated rings. The highest BCUT2D eigenvalue weighted by Gasteiger charge is 2.19. The molecule has 3 aromatic carbocycles. The number of carbonyl (C=O) groups is 1. The second-order valence-electron chi connectivity index (χ2n) is 7.18. The quantitative estimate of drug-likeness (QED) is 0.342. The number of esters is 1. The van der Waals surface area contributed by atoms with Crippen LogP contribution in [0.2, 0.25) is 0 Å². The lowest BCUT2D eigenvalue weighted by Gasteiger charge is -2.11. The highest BCUT2D eigenvalue weighted by atomic mass is 16.7. The van der Waals surface area contributed by atoms with Crippen molar-refractivity contribution in [2.45, 2.75) is 6.92 Å². The molecule has 7 heteroatoms. The Bertz CT molecular complexity index is 1420. The predicted molar refractivity (Wildman–Crippen MR) is 117 cm³/mol. The van der Waals surface area contributed by atoms with Gasteiger partial charge in [0.15, 0.2) is 11.5 Å². The third-order valence-electron chi connectivity index (χ3n) is 5.24. The van der Waals surface area contributed by atoms with Gasteiger partial charge < -0.3 is 23.4 Å². The van der Waals surface area contributed by atoms with E-state index >= 15 is 0 Å². The average Bonchev–Trinajstić information content (AvgIpc) is 3.27. The van der Waals surface area contributed by atoms with Crippen molar-refractivity contribution >= 4 is 16.9 Å². The summed E-state index contributed by atoms with van der Waals surface area (Å²) >= 11 is 0. The minimum absolute atomic E-state index is 0.119. The van der Waals surface area contributed by atoms with E-state index in [1.165, 1.54) is 6.07 Å². The molecule has 0 saturated carbocycles. The number of para-hydroxylation sites is 1. The summed E-state index contributed by atoms with van der Waals surface area (Å²) in [7, 11) is 1.55. The van der Waals surface area contributed by atoms with E-state index in [0.29, 0.717) is 50.7 Å². The topological polar surface area (TPSA) is 84.2 Å². The first-order chi connectivity index (χ1) is 15.5. The fourth-order valence-corrected chi connectivity index (χ4v) is 3.70. The lowest BCUT2D eigenvalue weighted by molar-refractivity contribution is 0.0734. The zero-order valence-corrected chi connectivity index (χ0v) is 17.3. The minimum Gasteiger partial charge on any atom is -0.496 e. The Morgan fingerprint density at radius 1 is 0.969 bits per heavy atom. The van der Waals surface area contributed by atoms with Crippen LogP contribution in [-0.2, 0) is 0 Å². The molecule has 7 nitrogen and oxygen atoms in total. The van der Waals surface area contributed by atoms with Crippen LogP contribution in [-0.4, -0.2) is 19.9 Å². The first-order valence-corrected chi connectivity index (χ1v) is 9.88. The van der Waals surface area contributed by atoms with Crippen LogP contribution in [0.1, 0.15) is 16.1 Å². The Kier molecular flexibility index (Phi) is 4.78. The van der Waals surface area contributed by atoms with Crippen LogP contribution in [0.15, 0.2) is 69.9 Å². The second kappa shape index (κ2) is 7.77. The summed E-state index contributed by atoms with van der Waals surface area (Å²) in [6, 6.07) is 16.8. The molecular weight excluding hydrogens is 412 g/mol. The van der Waals surface area contributed by atoms with Gasteiger partial charge in [-0.25, -0.2) is 4.79 Å². The largest absolute Gasteiger partial charge is 0.496 e. The summed E-state index contributed by atoms with van der Waals surface area (Å²) in [5, 5.41) is 0.374. The lowest BCUT2D eigenvalue weighted by Crippen LogP contribution is -2.10. The molecule has 4 aromatic rings. The van der Waals surface area contributed by atoms with Gasteiger partial charge in [-0.05, 0) is 43.3 Å². The summed E-state index contributed by atoms with van der Waals surface area (Å²) in [6.07, 6.45) is 0. The van der Waals surface area contributed by atoms with Crippen molar-refractivity contribution in [3.05, 3.63) is 82.2 Å². The number of methoxy groups -OCH3 is 1. The zero-order chi connectivity index (χ0) is 22.2. The number of carbonyl (C=O) groups excluding carboxylic acids is 1. The van der Waals surface area contributed by atoms with Gasteiger partial charge >= 0.3 is 5.97 Å². The predicted octanol–water partition coefficient (Wildman–Crippen LogP) is 4.72. The van der Waals surface area contributed by atoms with Crippen LogP contribution in [0.4, 0.5) is 0 Å². The summed E-state index contributed by atoms with van der Waals surface area (Å²) in [6.45, 7) is 1.83. The maximum absolute atomic E-state index is 13.2. The van der Waals surface area contributed by atoms with Crippen molar-refractivity contribution in [3.8, 4) is 34.1 Å². The molecule has 0 amide bonds. The van der Waals surface area contributed by atoms with Crippen molar-refractivity contribution in [2.24, 2.45) is 0 Å². The molecule has 5 rings (SSSR count). The zero-order valence-electron chi connectivity index (χ0n) is 17.3. The summed E-state index contributed by atoms with van der Waals surface area (Å²) in [4.78, 5) is 25.8. The summed E-state index contributed by atoms with van der Waals surface area (Å²) in [5.74, 6) is 1.78. The van der Waals surface area contributed by atoms with Crippen LogP contribution < -0.4 is 24.4 Å². The molecule has 1 aliphatic heterocycles. The van der Waals surface area contributed by atoms with E-state index in [4.69, 9.17) is 23.4 Å². The molecule has 0 radical (unpaired) electrons. The van der Waals surface area contributed by atoms with Crippen molar-refractivity contribution < 1.29 is 28.2 Å². The fraction of sp³-hybridized carbons (Fsp3) is 0.120. The second-order valence-corrected chi connectivity index (χ2v) is 7.18. The molecule has 0 bridgehead atoms. The van der Waals surface area contributed by atoms with Gasteiger partial charge in [0.1, 0.15) is 22.8 Å². The number of benzene rings is 3. The van der Waals surface area contributed by atoms with Gasteiger partial charge in [-0.1, -0.05) is 18.2 Å². The van der Waals surface area contributed by atoms with Crippen molar-refractivity contribution in [1.29, 1.82) is 0 Å². The van der Waals surface area contributed by atoms with E-state index in [-0.39, 0.29) is 18.0 Å². The molecule has 2 heterocycles. The lowest BCUT2D eigenvalue weighted by atomic mass is 10.0. The molecular formula is C25H18O7. The molecule has 0 N–H and O–H groups in total. The van der Waals surface area contributed by atoms with E-state index in [2.05, 4.69) is 0 Å². The van der Waals surface area contributed by atoms with Crippen LogP contribution in [0.25, 0.3) is 22.1 Å². The highest BCUT2D eigenvalue weighted by Crippen LogP contribution is 2.34. The van der Waals surface area contributed by atoms with Crippen molar-refractivity contribution in [1.82, 2.24) is 0 Å². The number of rotatable bonds is 4. The Hall–Kier alpha value is -4.26. The smallest absolute Gasteiger partial charge is 0.343 e. The maximum Gasteiger partial charge on any atom is 0.343 e. The maximum atomic E-state index is 13.2. The molecule has 0 unspecified atom stereocenters. The van der Waals surface area contributed by atoms with E-state index in [9.17, 15) is 9.59 Å². The number of fused-ring (bicyclic) bond motifs is 2. The molecule has 1 aromatic heterocycles. The molecule has 0 saturated heterocycles. The van der Waals surface area contributed by atoms with Crippen LogP contribution >= 0.6 is 0 Å². The molecule has 32 heavy (non-hydrogen) atoms. The number of hydrogen-bond acceptors (Lipinski definition) is 7. The monoisotopic (exact) mass is 430 g/mol. The highest BCUT2D eigenvalue weighted by molar-refractivity contribution is 5.93. The van der Waals surface area contributed by atoms with Gasteiger partial charge in [0.25, 0.3) is 0 Å². The van der Waals surface area contributed by atoms with Crippen molar-refractivity contribution in [2.75, 3.05) is 13.9 Å². The minimum atomic E-state index is -0.563. The van der Waals surface area contributed by atoms with Crippen LogP contribution in [0, 0.1) is 6.92 Å². The number of aryl methyl sites for hydroxylation is 1. The Labute approximate surface area is 182 Å². The normalized spacial score (nSPS) is 12.1. The molecule has 0 aliphatic carbocycles. The first-order valence-electron chi connectivity index (χ1n) is 9.88.